The van der Waals surface area contributed by atoms with E-state index in [-0.39, 0.29) is 11.5 Å². The minimum absolute atomic E-state index is 0.256. The van der Waals surface area contributed by atoms with Gasteiger partial charge < -0.3 is 4.98 Å². The molecule has 0 aromatic carbocycles. The van der Waals surface area contributed by atoms with Crippen LogP contribution in [0.15, 0.2) is 12.5 Å². The molecule has 2 heterocycles. The fraction of sp³-hybridized carbons (Fsp3) is 0.286. The lowest BCUT2D eigenvalue weighted by atomic mass is 10.4. The van der Waals surface area contributed by atoms with Gasteiger partial charge in [0.05, 0.1) is 6.20 Å². The Balaban J connectivity index is 2.63. The van der Waals surface area contributed by atoms with Crippen molar-refractivity contribution in [1.29, 1.82) is 0 Å². The zero-order chi connectivity index (χ0) is 9.47. The molecule has 0 bridgehead atoms. The smallest absolute Gasteiger partial charge is 0.302 e. The van der Waals surface area contributed by atoms with Gasteiger partial charge in [-0.25, -0.2) is 15.0 Å². The van der Waals surface area contributed by atoms with E-state index in [0.717, 1.165) is 6.92 Å². The Morgan fingerprint density at radius 3 is 2.85 bits per heavy atom. The lowest BCUT2D eigenvalue weighted by Gasteiger charge is -2.03. The summed E-state index contributed by atoms with van der Waals surface area (Å²) in [7, 11) is 0. The molecule has 2 aromatic heterocycles. The van der Waals surface area contributed by atoms with Gasteiger partial charge in [-0.3, -0.25) is 0 Å². The monoisotopic (exact) mass is 184 g/mol. The van der Waals surface area contributed by atoms with Crippen LogP contribution in [0.1, 0.15) is 12.7 Å². The molecule has 0 amide bonds. The highest BCUT2D eigenvalue weighted by molar-refractivity contribution is 5.68. The third-order valence-corrected chi connectivity index (χ3v) is 1.58. The molecule has 0 aliphatic rings. The van der Waals surface area contributed by atoms with Crippen LogP contribution in [-0.4, -0.2) is 19.9 Å². The van der Waals surface area contributed by atoms with E-state index in [2.05, 4.69) is 19.9 Å². The van der Waals surface area contributed by atoms with E-state index >= 15 is 0 Å². The van der Waals surface area contributed by atoms with Gasteiger partial charge in [0.15, 0.2) is 11.5 Å². The first kappa shape index (κ1) is 8.03. The molecule has 0 radical (unpaired) electrons. The highest BCUT2D eigenvalue weighted by Gasteiger charge is 2.28. The fourth-order valence-electron chi connectivity index (χ4n) is 0.970. The van der Waals surface area contributed by atoms with Gasteiger partial charge in [-0.1, -0.05) is 0 Å². The number of alkyl halides is 2. The summed E-state index contributed by atoms with van der Waals surface area (Å²) in [6, 6.07) is 0. The van der Waals surface area contributed by atoms with Gasteiger partial charge in [0, 0.05) is 6.92 Å². The van der Waals surface area contributed by atoms with Crippen LogP contribution in [-0.2, 0) is 5.92 Å². The summed E-state index contributed by atoms with van der Waals surface area (Å²) in [4.78, 5) is 13.5. The molecule has 4 nitrogen and oxygen atoms in total. The van der Waals surface area contributed by atoms with Crippen molar-refractivity contribution in [3.05, 3.63) is 18.3 Å². The van der Waals surface area contributed by atoms with Gasteiger partial charge in [0.2, 0.25) is 0 Å². The number of imidazole rings is 1. The third-order valence-electron chi connectivity index (χ3n) is 1.58. The minimum atomic E-state index is -2.97. The summed E-state index contributed by atoms with van der Waals surface area (Å²) in [5.41, 5.74) is 0.672. The number of nitrogens with zero attached hydrogens (tertiary/aromatic N) is 3. The lowest BCUT2D eigenvalue weighted by Crippen LogP contribution is -2.08. The average Bonchev–Trinajstić information content (AvgIpc) is 2.45. The summed E-state index contributed by atoms with van der Waals surface area (Å²) in [5.74, 6) is -3.36. The fourth-order valence-corrected chi connectivity index (χ4v) is 0.970. The van der Waals surface area contributed by atoms with Crippen molar-refractivity contribution in [2.24, 2.45) is 0 Å². The second-order valence-electron chi connectivity index (χ2n) is 2.73. The van der Waals surface area contributed by atoms with Crippen LogP contribution in [0.3, 0.4) is 0 Å². The maximum atomic E-state index is 12.8. The Morgan fingerprint density at radius 2 is 2.23 bits per heavy atom. The zero-order valence-corrected chi connectivity index (χ0v) is 6.75. The van der Waals surface area contributed by atoms with Crippen molar-refractivity contribution in [1.82, 2.24) is 19.9 Å². The van der Waals surface area contributed by atoms with E-state index in [0.29, 0.717) is 5.52 Å². The molecule has 0 aliphatic heterocycles. The first-order chi connectivity index (χ1) is 6.07. The number of fused-ring (bicyclic) bond motifs is 1. The van der Waals surface area contributed by atoms with Gasteiger partial charge in [-0.05, 0) is 0 Å². The van der Waals surface area contributed by atoms with E-state index in [1.165, 1.54) is 12.5 Å². The Labute approximate surface area is 72.0 Å². The normalized spacial score (nSPS) is 12.2. The maximum Gasteiger partial charge on any atom is 0.302 e. The van der Waals surface area contributed by atoms with Crippen LogP contribution in [0.5, 0.6) is 0 Å². The Kier molecular flexibility index (Phi) is 1.51. The predicted molar refractivity (Wildman–Crippen MR) is 41.3 cm³/mol. The number of hydrogen-bond donors (Lipinski definition) is 1. The van der Waals surface area contributed by atoms with E-state index in [1.54, 1.807) is 0 Å². The van der Waals surface area contributed by atoms with Crippen LogP contribution in [0.25, 0.3) is 11.2 Å². The molecule has 0 spiro atoms. The van der Waals surface area contributed by atoms with E-state index in [4.69, 9.17) is 0 Å². The Bertz CT molecular complexity index is 398. The molecule has 68 valence electrons. The zero-order valence-electron chi connectivity index (χ0n) is 6.75. The number of H-pyrrole nitrogens is 1. The van der Waals surface area contributed by atoms with E-state index in [9.17, 15) is 8.78 Å². The predicted octanol–water partition coefficient (Wildman–Crippen LogP) is 1.46. The van der Waals surface area contributed by atoms with Gasteiger partial charge >= 0.3 is 5.92 Å². The first-order valence-corrected chi connectivity index (χ1v) is 3.61. The summed E-state index contributed by atoms with van der Waals surface area (Å²) in [6.07, 6.45) is 2.67. The number of nitrogens with one attached hydrogen (secondary N) is 1. The second kappa shape index (κ2) is 2.45. The molecule has 13 heavy (non-hydrogen) atoms. The van der Waals surface area contributed by atoms with Gasteiger partial charge in [0.1, 0.15) is 11.8 Å². The molecule has 2 rings (SSSR count). The molecule has 0 saturated heterocycles. The first-order valence-electron chi connectivity index (χ1n) is 3.61. The number of hydrogen-bond acceptors (Lipinski definition) is 3. The van der Waals surface area contributed by atoms with Crippen molar-refractivity contribution < 1.29 is 8.78 Å². The Morgan fingerprint density at radius 1 is 1.46 bits per heavy atom. The van der Waals surface area contributed by atoms with Crippen LogP contribution >= 0.6 is 0 Å². The summed E-state index contributed by atoms with van der Waals surface area (Å²) in [5, 5.41) is 0. The summed E-state index contributed by atoms with van der Waals surface area (Å²) in [6.45, 7) is 0.776. The number of rotatable bonds is 1. The molecule has 0 saturated carbocycles. The standard InChI is InChI=1S/C7H6F2N4/c1-7(8,9)6-12-4-2-10-3-11-5(4)13-6/h2-3H,1H3,(H,10,11,12,13). The number of aromatic nitrogens is 4. The maximum absolute atomic E-state index is 12.8. The van der Waals surface area contributed by atoms with Crippen LogP contribution in [0.2, 0.25) is 0 Å². The quantitative estimate of drug-likeness (QED) is 0.730. The molecule has 2 aromatic rings. The molecule has 1 N–H and O–H groups in total. The molecule has 0 unspecified atom stereocenters. The SMILES string of the molecule is CC(F)(F)c1nc2ncncc2[nH]1. The summed E-state index contributed by atoms with van der Waals surface area (Å²) >= 11 is 0. The van der Waals surface area contributed by atoms with E-state index in [1.807, 2.05) is 0 Å². The molecule has 0 atom stereocenters. The number of halogens is 2. The van der Waals surface area contributed by atoms with Crippen LogP contribution < -0.4 is 0 Å². The highest BCUT2D eigenvalue weighted by atomic mass is 19.3. The molecule has 6 heteroatoms. The largest absolute Gasteiger partial charge is 0.334 e. The lowest BCUT2D eigenvalue weighted by molar-refractivity contribution is 0.00888. The van der Waals surface area contributed by atoms with Gasteiger partial charge in [-0.2, -0.15) is 8.78 Å². The van der Waals surface area contributed by atoms with Crippen molar-refractivity contribution in [3.63, 3.8) is 0 Å². The van der Waals surface area contributed by atoms with Gasteiger partial charge in [-0.15, -0.1) is 0 Å². The number of aromatic amines is 1. The molecule has 0 aliphatic carbocycles. The molecular weight excluding hydrogens is 178 g/mol. The summed E-state index contributed by atoms with van der Waals surface area (Å²) < 4.78 is 25.5. The van der Waals surface area contributed by atoms with Crippen molar-refractivity contribution >= 4 is 11.2 Å². The van der Waals surface area contributed by atoms with Crippen LogP contribution in [0, 0.1) is 0 Å². The Hall–Kier alpha value is -1.59. The molecular formula is C7H6F2N4. The molecule has 0 fully saturated rings. The van der Waals surface area contributed by atoms with Crippen molar-refractivity contribution in [3.8, 4) is 0 Å². The third kappa shape index (κ3) is 1.34. The topological polar surface area (TPSA) is 54.5 Å². The van der Waals surface area contributed by atoms with Crippen LogP contribution in [0.4, 0.5) is 8.78 Å². The van der Waals surface area contributed by atoms with E-state index < -0.39 is 5.92 Å². The highest BCUT2D eigenvalue weighted by Crippen LogP contribution is 2.25. The average molecular weight is 184 g/mol. The minimum Gasteiger partial charge on any atom is -0.334 e. The van der Waals surface area contributed by atoms with Crippen molar-refractivity contribution in [2.45, 2.75) is 12.8 Å². The second-order valence-corrected chi connectivity index (χ2v) is 2.73. The van der Waals surface area contributed by atoms with Gasteiger partial charge in [0.25, 0.3) is 0 Å². The van der Waals surface area contributed by atoms with Crippen molar-refractivity contribution in [2.75, 3.05) is 0 Å².